The highest BCUT2D eigenvalue weighted by Crippen LogP contribution is 2.28. The summed E-state index contributed by atoms with van der Waals surface area (Å²) in [5, 5.41) is 2.89. The Bertz CT molecular complexity index is 804. The van der Waals surface area contributed by atoms with Crippen molar-refractivity contribution < 1.29 is 19.1 Å². The molecule has 26 heavy (non-hydrogen) atoms. The van der Waals surface area contributed by atoms with Crippen molar-refractivity contribution in [1.29, 1.82) is 0 Å². The molecule has 0 unspecified atom stereocenters. The Balaban J connectivity index is 1.81. The fourth-order valence-electron chi connectivity index (χ4n) is 2.31. The maximum absolute atomic E-state index is 12.0. The van der Waals surface area contributed by atoms with E-state index >= 15 is 0 Å². The van der Waals surface area contributed by atoms with E-state index in [1.807, 2.05) is 25.1 Å². The summed E-state index contributed by atoms with van der Waals surface area (Å²) in [6, 6.07) is 10.9. The zero-order chi connectivity index (χ0) is 19.1. The van der Waals surface area contributed by atoms with E-state index in [-0.39, 0.29) is 11.7 Å². The second-order valence-corrected chi connectivity index (χ2v) is 7.05. The molecule has 0 atom stereocenters. The van der Waals surface area contributed by atoms with Crippen LogP contribution in [0.15, 0.2) is 36.4 Å². The van der Waals surface area contributed by atoms with Gasteiger partial charge >= 0.3 is 0 Å². The van der Waals surface area contributed by atoms with Crippen molar-refractivity contribution in [1.82, 2.24) is 0 Å². The fourth-order valence-corrected chi connectivity index (χ4v) is 2.83. The van der Waals surface area contributed by atoms with E-state index < -0.39 is 0 Å². The van der Waals surface area contributed by atoms with Gasteiger partial charge in [0, 0.05) is 21.2 Å². The van der Waals surface area contributed by atoms with E-state index in [4.69, 9.17) is 9.47 Å². The van der Waals surface area contributed by atoms with Crippen LogP contribution in [0.4, 0.5) is 5.69 Å². The highest BCUT2D eigenvalue weighted by atomic mass is 127. The Morgan fingerprint density at radius 2 is 1.88 bits per heavy atom. The van der Waals surface area contributed by atoms with Crippen molar-refractivity contribution in [2.75, 3.05) is 19.0 Å². The van der Waals surface area contributed by atoms with Crippen LogP contribution in [-0.4, -0.2) is 25.4 Å². The van der Waals surface area contributed by atoms with Crippen LogP contribution in [0.5, 0.6) is 11.5 Å². The molecule has 0 aliphatic heterocycles. The molecule has 1 amide bonds. The number of amides is 1. The van der Waals surface area contributed by atoms with Crippen LogP contribution in [0, 0.1) is 10.5 Å². The summed E-state index contributed by atoms with van der Waals surface area (Å²) in [6.45, 7) is 3.92. The molecule has 2 aromatic rings. The molecule has 2 aromatic carbocycles. The van der Waals surface area contributed by atoms with Crippen LogP contribution >= 0.6 is 22.6 Å². The Morgan fingerprint density at radius 3 is 2.54 bits per heavy atom. The van der Waals surface area contributed by atoms with E-state index in [1.165, 1.54) is 19.6 Å². The first-order valence-corrected chi connectivity index (χ1v) is 9.36. The lowest BCUT2D eigenvalue weighted by Gasteiger charge is -2.11. The molecule has 0 heterocycles. The molecule has 0 saturated carbocycles. The number of aryl methyl sites for hydroxylation is 1. The van der Waals surface area contributed by atoms with Gasteiger partial charge in [-0.25, -0.2) is 0 Å². The molecular formula is C20H22INO4. The summed E-state index contributed by atoms with van der Waals surface area (Å²) in [5.41, 5.74) is 2.55. The summed E-state index contributed by atoms with van der Waals surface area (Å²) in [4.78, 5) is 23.4. The van der Waals surface area contributed by atoms with Crippen LogP contribution in [0.3, 0.4) is 0 Å². The van der Waals surface area contributed by atoms with Crippen molar-refractivity contribution in [3.8, 4) is 11.5 Å². The Labute approximate surface area is 167 Å². The number of hydrogen-bond donors (Lipinski definition) is 1. The minimum atomic E-state index is -0.0489. The van der Waals surface area contributed by atoms with Gasteiger partial charge in [0.05, 0.1) is 13.7 Å². The molecule has 0 aliphatic carbocycles. The number of rotatable bonds is 8. The quantitative estimate of drug-likeness (QED) is 0.350. The number of nitrogens with one attached hydrogen (secondary N) is 1. The molecule has 5 nitrogen and oxygen atoms in total. The smallest absolute Gasteiger partial charge is 0.224 e. The number of ether oxygens (including phenoxy) is 2. The molecule has 0 aromatic heterocycles. The van der Waals surface area contributed by atoms with Gasteiger partial charge in [0.1, 0.15) is 0 Å². The SMILES string of the molecule is COc1cc(C(C)=O)ccc1OCCCC(=O)Nc1ccc(C)c(I)c1. The molecule has 0 spiro atoms. The first-order valence-electron chi connectivity index (χ1n) is 8.28. The molecule has 0 aliphatic rings. The number of Topliss-reactive ketones (excluding diaryl/α,β-unsaturated/α-hetero) is 1. The van der Waals surface area contributed by atoms with Crippen molar-refractivity contribution in [3.05, 3.63) is 51.1 Å². The molecule has 0 saturated heterocycles. The van der Waals surface area contributed by atoms with E-state index in [0.29, 0.717) is 36.5 Å². The predicted octanol–water partition coefficient (Wildman–Crippen LogP) is 4.61. The Morgan fingerprint density at radius 1 is 1.12 bits per heavy atom. The monoisotopic (exact) mass is 467 g/mol. The molecule has 0 bridgehead atoms. The van der Waals surface area contributed by atoms with Gasteiger partial charge in [0.2, 0.25) is 5.91 Å². The Kier molecular flexibility index (Phi) is 7.44. The number of anilines is 1. The Hall–Kier alpha value is -2.09. The van der Waals surface area contributed by atoms with Crippen LogP contribution in [0.2, 0.25) is 0 Å². The van der Waals surface area contributed by atoms with Gasteiger partial charge in [-0.1, -0.05) is 6.07 Å². The highest BCUT2D eigenvalue weighted by molar-refractivity contribution is 14.1. The van der Waals surface area contributed by atoms with Crippen molar-refractivity contribution in [2.45, 2.75) is 26.7 Å². The second-order valence-electron chi connectivity index (χ2n) is 5.89. The molecule has 0 radical (unpaired) electrons. The van der Waals surface area contributed by atoms with E-state index in [9.17, 15) is 9.59 Å². The van der Waals surface area contributed by atoms with Gasteiger partial charge in [-0.05, 0) is 78.8 Å². The zero-order valence-electron chi connectivity index (χ0n) is 15.1. The van der Waals surface area contributed by atoms with Crippen LogP contribution in [-0.2, 0) is 4.79 Å². The first-order chi connectivity index (χ1) is 12.4. The van der Waals surface area contributed by atoms with Crippen LogP contribution in [0.1, 0.15) is 35.7 Å². The summed E-state index contributed by atoms with van der Waals surface area (Å²) in [5.74, 6) is 0.992. The van der Waals surface area contributed by atoms with Crippen LogP contribution < -0.4 is 14.8 Å². The summed E-state index contributed by atoms with van der Waals surface area (Å²) < 4.78 is 12.1. The first kappa shape index (κ1) is 20.2. The fraction of sp³-hybridized carbons (Fsp3) is 0.300. The minimum absolute atomic E-state index is 0.0303. The van der Waals surface area contributed by atoms with Gasteiger partial charge in [0.25, 0.3) is 0 Å². The number of benzene rings is 2. The largest absolute Gasteiger partial charge is 0.493 e. The van der Waals surface area contributed by atoms with E-state index in [2.05, 4.69) is 27.9 Å². The number of ketones is 1. The lowest BCUT2D eigenvalue weighted by Crippen LogP contribution is -2.13. The normalized spacial score (nSPS) is 10.3. The van der Waals surface area contributed by atoms with Gasteiger partial charge in [0.15, 0.2) is 17.3 Å². The maximum atomic E-state index is 12.0. The lowest BCUT2D eigenvalue weighted by atomic mass is 10.1. The summed E-state index contributed by atoms with van der Waals surface area (Å²) >= 11 is 2.25. The van der Waals surface area contributed by atoms with E-state index in [0.717, 1.165) is 9.26 Å². The average Bonchev–Trinajstić information content (AvgIpc) is 2.61. The van der Waals surface area contributed by atoms with Crippen LogP contribution in [0.25, 0.3) is 0 Å². The minimum Gasteiger partial charge on any atom is -0.493 e. The predicted molar refractivity (Wildman–Crippen MR) is 110 cm³/mol. The average molecular weight is 467 g/mol. The molecule has 6 heteroatoms. The number of carbonyl (C=O) groups is 2. The van der Waals surface area contributed by atoms with Gasteiger partial charge in [-0.3, -0.25) is 9.59 Å². The third-order valence-electron chi connectivity index (χ3n) is 3.83. The molecule has 138 valence electrons. The van der Waals surface area contributed by atoms with Crippen molar-refractivity contribution in [3.63, 3.8) is 0 Å². The zero-order valence-corrected chi connectivity index (χ0v) is 17.3. The summed E-state index contributed by atoms with van der Waals surface area (Å²) in [7, 11) is 1.53. The molecule has 0 fully saturated rings. The second kappa shape index (κ2) is 9.56. The number of hydrogen-bond acceptors (Lipinski definition) is 4. The van der Waals surface area contributed by atoms with E-state index in [1.54, 1.807) is 18.2 Å². The number of halogens is 1. The standard InChI is InChI=1S/C20H22INO4/c1-13-6-8-16(12-17(13)21)22-20(24)5-4-10-26-18-9-7-15(14(2)23)11-19(18)25-3/h6-9,11-12H,4-5,10H2,1-3H3,(H,22,24). The topological polar surface area (TPSA) is 64.6 Å². The highest BCUT2D eigenvalue weighted by Gasteiger charge is 2.09. The molecule has 1 N–H and O–H groups in total. The number of carbonyl (C=O) groups excluding carboxylic acids is 2. The molecular weight excluding hydrogens is 445 g/mol. The number of methoxy groups -OCH3 is 1. The third-order valence-corrected chi connectivity index (χ3v) is 4.99. The van der Waals surface area contributed by atoms with Gasteiger partial charge in [-0.15, -0.1) is 0 Å². The summed E-state index contributed by atoms with van der Waals surface area (Å²) in [6.07, 6.45) is 0.935. The lowest BCUT2D eigenvalue weighted by molar-refractivity contribution is -0.116. The maximum Gasteiger partial charge on any atom is 0.224 e. The van der Waals surface area contributed by atoms with Gasteiger partial charge in [-0.2, -0.15) is 0 Å². The molecule has 2 rings (SSSR count). The van der Waals surface area contributed by atoms with Crippen molar-refractivity contribution >= 4 is 40.0 Å². The van der Waals surface area contributed by atoms with Crippen molar-refractivity contribution in [2.24, 2.45) is 0 Å². The third kappa shape index (κ3) is 5.72. The van der Waals surface area contributed by atoms with Gasteiger partial charge < -0.3 is 14.8 Å².